The molecule has 80 valence electrons. The van der Waals surface area contributed by atoms with Crippen LogP contribution in [0.2, 0.25) is 0 Å². The van der Waals surface area contributed by atoms with E-state index >= 15 is 0 Å². The molecule has 0 aliphatic heterocycles. The van der Waals surface area contributed by atoms with Crippen LogP contribution in [0.25, 0.3) is 0 Å². The molecule has 2 rings (SSSR count). The first-order chi connectivity index (χ1) is 6.79. The SMILES string of the molecule is Nc1ccccc1.Nc1ccccc1.O. The van der Waals surface area contributed by atoms with Gasteiger partial charge in [-0.25, -0.2) is 0 Å². The van der Waals surface area contributed by atoms with Gasteiger partial charge in [-0.2, -0.15) is 0 Å². The van der Waals surface area contributed by atoms with Crippen LogP contribution in [0.4, 0.5) is 11.4 Å². The van der Waals surface area contributed by atoms with E-state index in [0.717, 1.165) is 11.4 Å². The molecule has 0 radical (unpaired) electrons. The second-order valence-electron chi connectivity index (χ2n) is 2.82. The summed E-state index contributed by atoms with van der Waals surface area (Å²) in [5.41, 5.74) is 12.4. The number of nitrogen functional groups attached to an aromatic ring is 2. The first-order valence-electron chi connectivity index (χ1n) is 4.40. The van der Waals surface area contributed by atoms with Crippen LogP contribution in [-0.2, 0) is 0 Å². The van der Waals surface area contributed by atoms with Gasteiger partial charge in [0.25, 0.3) is 0 Å². The molecule has 2 aromatic rings. The fraction of sp³-hybridized carbons (Fsp3) is 0. The Morgan fingerprint density at radius 3 is 0.933 bits per heavy atom. The second-order valence-corrected chi connectivity index (χ2v) is 2.82. The summed E-state index contributed by atoms with van der Waals surface area (Å²) in [4.78, 5) is 0. The van der Waals surface area contributed by atoms with Crippen molar-refractivity contribution in [3.8, 4) is 0 Å². The first-order valence-corrected chi connectivity index (χ1v) is 4.40. The fourth-order valence-electron chi connectivity index (χ4n) is 0.906. The summed E-state index contributed by atoms with van der Waals surface area (Å²) in [6.45, 7) is 0. The molecule has 15 heavy (non-hydrogen) atoms. The lowest BCUT2D eigenvalue weighted by molar-refractivity contribution is 0.824. The molecule has 0 aliphatic carbocycles. The number of hydrogen-bond donors (Lipinski definition) is 2. The average Bonchev–Trinajstić information content (AvgIpc) is 2.21. The molecule has 3 heteroatoms. The van der Waals surface area contributed by atoms with Gasteiger partial charge in [-0.15, -0.1) is 0 Å². The standard InChI is InChI=1S/2C6H7N.H2O/c2*7-6-4-2-1-3-5-6;/h2*1-5H,7H2;1H2. The molecule has 6 N–H and O–H groups in total. The molecular weight excluding hydrogens is 188 g/mol. The number of benzene rings is 2. The third kappa shape index (κ3) is 6.12. The summed E-state index contributed by atoms with van der Waals surface area (Å²) in [5.74, 6) is 0. The number of hydrogen-bond acceptors (Lipinski definition) is 2. The molecule has 0 amide bonds. The van der Waals surface area contributed by atoms with Crippen molar-refractivity contribution in [2.75, 3.05) is 11.5 Å². The van der Waals surface area contributed by atoms with Gasteiger partial charge in [0.05, 0.1) is 0 Å². The number of anilines is 2. The van der Waals surface area contributed by atoms with Gasteiger partial charge in [-0.05, 0) is 24.3 Å². The molecule has 0 saturated carbocycles. The van der Waals surface area contributed by atoms with Crippen LogP contribution in [-0.4, -0.2) is 5.48 Å². The van der Waals surface area contributed by atoms with E-state index in [1.54, 1.807) is 0 Å². The quantitative estimate of drug-likeness (QED) is 0.640. The van der Waals surface area contributed by atoms with Gasteiger partial charge < -0.3 is 16.9 Å². The summed E-state index contributed by atoms with van der Waals surface area (Å²) in [5, 5.41) is 0. The topological polar surface area (TPSA) is 83.5 Å². The Morgan fingerprint density at radius 1 is 0.533 bits per heavy atom. The van der Waals surface area contributed by atoms with Crippen LogP contribution >= 0.6 is 0 Å². The minimum Gasteiger partial charge on any atom is -0.412 e. The first kappa shape index (κ1) is 13.0. The smallest absolute Gasteiger partial charge is 0.0313 e. The van der Waals surface area contributed by atoms with Gasteiger partial charge in [0.1, 0.15) is 0 Å². The van der Waals surface area contributed by atoms with Crippen molar-refractivity contribution in [2.24, 2.45) is 0 Å². The van der Waals surface area contributed by atoms with Crippen LogP contribution in [0, 0.1) is 0 Å². The number of para-hydroxylation sites is 2. The van der Waals surface area contributed by atoms with E-state index in [2.05, 4.69) is 0 Å². The van der Waals surface area contributed by atoms with Gasteiger partial charge in [0.2, 0.25) is 0 Å². The average molecular weight is 204 g/mol. The summed E-state index contributed by atoms with van der Waals surface area (Å²) in [6.07, 6.45) is 0. The van der Waals surface area contributed by atoms with Crippen LogP contribution < -0.4 is 11.5 Å². The highest BCUT2D eigenvalue weighted by molar-refractivity contribution is 5.36. The summed E-state index contributed by atoms with van der Waals surface area (Å²) < 4.78 is 0. The Labute approximate surface area is 89.7 Å². The maximum atomic E-state index is 5.36. The third-order valence-electron chi connectivity index (χ3n) is 1.60. The maximum Gasteiger partial charge on any atom is 0.0313 e. The van der Waals surface area contributed by atoms with Crippen molar-refractivity contribution in [3.05, 3.63) is 60.7 Å². The maximum absolute atomic E-state index is 5.36. The molecule has 2 aromatic carbocycles. The van der Waals surface area contributed by atoms with E-state index < -0.39 is 0 Å². The Morgan fingerprint density at radius 2 is 0.800 bits per heavy atom. The summed E-state index contributed by atoms with van der Waals surface area (Å²) in [7, 11) is 0. The van der Waals surface area contributed by atoms with E-state index in [1.165, 1.54) is 0 Å². The third-order valence-corrected chi connectivity index (χ3v) is 1.60. The van der Waals surface area contributed by atoms with Crippen molar-refractivity contribution in [1.29, 1.82) is 0 Å². The molecule has 0 unspecified atom stereocenters. The predicted octanol–water partition coefficient (Wildman–Crippen LogP) is 1.71. The number of rotatable bonds is 0. The molecule has 0 fully saturated rings. The van der Waals surface area contributed by atoms with E-state index in [0.29, 0.717) is 0 Å². The van der Waals surface area contributed by atoms with Gasteiger partial charge in [-0.1, -0.05) is 36.4 Å². The lowest BCUT2D eigenvalue weighted by Crippen LogP contribution is -1.79. The lowest BCUT2D eigenvalue weighted by Gasteiger charge is -1.83. The van der Waals surface area contributed by atoms with Crippen molar-refractivity contribution in [2.45, 2.75) is 0 Å². The zero-order valence-corrected chi connectivity index (χ0v) is 8.43. The van der Waals surface area contributed by atoms with Crippen LogP contribution in [0.1, 0.15) is 0 Å². The molecular formula is C12H16N2O. The Kier molecular flexibility index (Phi) is 6.42. The molecule has 0 spiro atoms. The predicted molar refractivity (Wildman–Crippen MR) is 65.3 cm³/mol. The molecule has 0 saturated heterocycles. The highest BCUT2D eigenvalue weighted by Gasteiger charge is 1.72. The van der Waals surface area contributed by atoms with Crippen LogP contribution in [0.15, 0.2) is 60.7 Å². The van der Waals surface area contributed by atoms with E-state index in [9.17, 15) is 0 Å². The zero-order chi connectivity index (χ0) is 10.2. The molecule has 0 atom stereocenters. The lowest BCUT2D eigenvalue weighted by atomic mass is 10.3. The summed E-state index contributed by atoms with van der Waals surface area (Å²) in [6, 6.07) is 19.0. The highest BCUT2D eigenvalue weighted by atomic mass is 16.0. The van der Waals surface area contributed by atoms with Crippen molar-refractivity contribution in [1.82, 2.24) is 0 Å². The Balaban J connectivity index is 0.000000245. The van der Waals surface area contributed by atoms with Crippen molar-refractivity contribution < 1.29 is 5.48 Å². The molecule has 0 bridgehead atoms. The molecule has 3 nitrogen and oxygen atoms in total. The largest absolute Gasteiger partial charge is 0.412 e. The van der Waals surface area contributed by atoms with Gasteiger partial charge in [0.15, 0.2) is 0 Å². The summed E-state index contributed by atoms with van der Waals surface area (Å²) >= 11 is 0. The van der Waals surface area contributed by atoms with Gasteiger partial charge in [0, 0.05) is 11.4 Å². The van der Waals surface area contributed by atoms with Gasteiger partial charge >= 0.3 is 0 Å². The van der Waals surface area contributed by atoms with E-state index in [4.69, 9.17) is 11.5 Å². The minimum atomic E-state index is 0. The normalized spacial score (nSPS) is 8.00. The Bertz CT molecular complexity index is 311. The van der Waals surface area contributed by atoms with Crippen molar-refractivity contribution >= 4 is 11.4 Å². The van der Waals surface area contributed by atoms with E-state index in [-0.39, 0.29) is 5.48 Å². The number of nitrogens with two attached hydrogens (primary N) is 2. The zero-order valence-electron chi connectivity index (χ0n) is 8.43. The van der Waals surface area contributed by atoms with Crippen molar-refractivity contribution in [3.63, 3.8) is 0 Å². The van der Waals surface area contributed by atoms with Gasteiger partial charge in [-0.3, -0.25) is 0 Å². The van der Waals surface area contributed by atoms with Crippen LogP contribution in [0.5, 0.6) is 0 Å². The minimum absolute atomic E-state index is 0. The second kappa shape index (κ2) is 7.41. The fourth-order valence-corrected chi connectivity index (χ4v) is 0.906. The monoisotopic (exact) mass is 204 g/mol. The van der Waals surface area contributed by atoms with Crippen LogP contribution in [0.3, 0.4) is 0 Å². The Hall–Kier alpha value is -2.00. The molecule has 0 aliphatic rings. The van der Waals surface area contributed by atoms with E-state index in [1.807, 2.05) is 60.7 Å². The highest BCUT2D eigenvalue weighted by Crippen LogP contribution is 1.96. The molecule has 0 aromatic heterocycles. The molecule has 0 heterocycles.